The van der Waals surface area contributed by atoms with Gasteiger partial charge in [0.05, 0.1) is 12.6 Å². The number of ketones is 1. The van der Waals surface area contributed by atoms with Crippen molar-refractivity contribution in [3.8, 4) is 0 Å². The molecule has 0 saturated carbocycles. The summed E-state index contributed by atoms with van der Waals surface area (Å²) in [7, 11) is 0. The highest BCUT2D eigenvalue weighted by Gasteiger charge is 2.14. The molecule has 3 nitrogen and oxygen atoms in total. The fourth-order valence-corrected chi connectivity index (χ4v) is 1.25. The van der Waals surface area contributed by atoms with Gasteiger partial charge in [0.1, 0.15) is 0 Å². The highest BCUT2D eigenvalue weighted by atomic mass is 16.1. The summed E-state index contributed by atoms with van der Waals surface area (Å²) < 4.78 is 0. The molecule has 1 atom stereocenters. The Labute approximate surface area is 87.4 Å². The zero-order valence-electron chi connectivity index (χ0n) is 9.84. The van der Waals surface area contributed by atoms with E-state index in [9.17, 15) is 4.79 Å². The number of carbonyl (C=O) groups is 1. The zero-order chi connectivity index (χ0) is 11.1. The Balaban J connectivity index is 3.62. The van der Waals surface area contributed by atoms with Gasteiger partial charge in [-0.2, -0.15) is 0 Å². The Morgan fingerprint density at radius 3 is 2.21 bits per heavy atom. The van der Waals surface area contributed by atoms with E-state index in [2.05, 4.69) is 33.0 Å². The van der Waals surface area contributed by atoms with Gasteiger partial charge in [-0.1, -0.05) is 27.7 Å². The van der Waals surface area contributed by atoms with Crippen LogP contribution in [0, 0.1) is 11.8 Å². The molecule has 0 aliphatic heterocycles. The first kappa shape index (κ1) is 13.6. The molecule has 0 aromatic heterocycles. The highest BCUT2D eigenvalue weighted by Crippen LogP contribution is 2.02. The predicted octanol–water partition coefficient (Wildman–Crippen LogP) is 1.17. The lowest BCUT2D eigenvalue weighted by atomic mass is 10.0. The van der Waals surface area contributed by atoms with Crippen LogP contribution < -0.4 is 11.1 Å². The minimum absolute atomic E-state index is 0.124. The molecule has 0 heterocycles. The molecule has 3 N–H and O–H groups in total. The van der Waals surface area contributed by atoms with Gasteiger partial charge in [-0.25, -0.2) is 0 Å². The van der Waals surface area contributed by atoms with Crippen molar-refractivity contribution in [1.82, 2.24) is 5.32 Å². The second-order valence-electron chi connectivity index (χ2n) is 4.73. The Morgan fingerprint density at radius 1 is 1.21 bits per heavy atom. The zero-order valence-corrected chi connectivity index (χ0v) is 9.84. The van der Waals surface area contributed by atoms with E-state index in [1.165, 1.54) is 0 Å². The van der Waals surface area contributed by atoms with E-state index in [1.54, 1.807) is 0 Å². The normalized spacial score (nSPS) is 13.6. The molecule has 0 fully saturated rings. The minimum atomic E-state index is -0.297. The van der Waals surface area contributed by atoms with Gasteiger partial charge in [-0.05, 0) is 24.8 Å². The Kier molecular flexibility index (Phi) is 6.75. The summed E-state index contributed by atoms with van der Waals surface area (Å²) in [5.74, 6) is 1.18. The Bertz CT molecular complexity index is 167. The van der Waals surface area contributed by atoms with Crippen LogP contribution in [0.4, 0.5) is 0 Å². The molecule has 0 saturated heterocycles. The maximum atomic E-state index is 11.5. The van der Waals surface area contributed by atoms with Gasteiger partial charge in [-0.3, -0.25) is 4.79 Å². The van der Waals surface area contributed by atoms with Crippen molar-refractivity contribution in [2.75, 3.05) is 13.1 Å². The van der Waals surface area contributed by atoms with Crippen molar-refractivity contribution in [1.29, 1.82) is 0 Å². The van der Waals surface area contributed by atoms with Crippen LogP contribution in [-0.2, 0) is 4.79 Å². The van der Waals surface area contributed by atoms with Crippen molar-refractivity contribution in [2.24, 2.45) is 17.6 Å². The number of hydrogen-bond donors (Lipinski definition) is 2. The highest BCUT2D eigenvalue weighted by molar-refractivity contribution is 5.85. The molecular weight excluding hydrogens is 176 g/mol. The van der Waals surface area contributed by atoms with Gasteiger partial charge in [0, 0.05) is 0 Å². The van der Waals surface area contributed by atoms with E-state index in [0.29, 0.717) is 18.4 Å². The lowest BCUT2D eigenvalue weighted by Crippen LogP contribution is -2.39. The van der Waals surface area contributed by atoms with Crippen molar-refractivity contribution in [3.63, 3.8) is 0 Å². The molecule has 0 aromatic carbocycles. The van der Waals surface area contributed by atoms with Gasteiger partial charge in [0.25, 0.3) is 0 Å². The third kappa shape index (κ3) is 7.04. The van der Waals surface area contributed by atoms with Crippen LogP contribution in [0.25, 0.3) is 0 Å². The summed E-state index contributed by atoms with van der Waals surface area (Å²) in [4.78, 5) is 11.5. The van der Waals surface area contributed by atoms with Gasteiger partial charge >= 0.3 is 0 Å². The number of hydrogen-bond acceptors (Lipinski definition) is 3. The lowest BCUT2D eigenvalue weighted by Gasteiger charge is -2.13. The Hall–Kier alpha value is -0.410. The summed E-state index contributed by atoms with van der Waals surface area (Å²) in [6.07, 6.45) is 0.780. The van der Waals surface area contributed by atoms with Crippen LogP contribution in [0.3, 0.4) is 0 Å². The number of nitrogens with two attached hydrogens (primary N) is 1. The molecule has 0 amide bonds. The molecule has 14 heavy (non-hydrogen) atoms. The largest absolute Gasteiger partial charge is 0.321 e. The summed E-state index contributed by atoms with van der Waals surface area (Å²) in [5.41, 5.74) is 5.75. The van der Waals surface area contributed by atoms with Crippen LogP contribution in [0.5, 0.6) is 0 Å². The molecule has 1 unspecified atom stereocenters. The molecule has 0 bridgehead atoms. The molecule has 0 aromatic rings. The van der Waals surface area contributed by atoms with Crippen molar-refractivity contribution in [2.45, 2.75) is 40.2 Å². The number of nitrogens with one attached hydrogen (secondary N) is 1. The average molecular weight is 200 g/mol. The summed E-state index contributed by atoms with van der Waals surface area (Å²) in [6, 6.07) is -0.297. The van der Waals surface area contributed by atoms with Gasteiger partial charge in [-0.15, -0.1) is 0 Å². The van der Waals surface area contributed by atoms with Gasteiger partial charge in [0.15, 0.2) is 5.78 Å². The molecular formula is C11H24N2O. The Morgan fingerprint density at radius 2 is 1.79 bits per heavy atom. The maximum Gasteiger partial charge on any atom is 0.163 e. The molecule has 0 aliphatic carbocycles. The van der Waals surface area contributed by atoms with Crippen LogP contribution >= 0.6 is 0 Å². The summed E-state index contributed by atoms with van der Waals surface area (Å²) in [5, 5.41) is 3.11. The predicted molar refractivity (Wildman–Crippen MR) is 60.1 cm³/mol. The smallest absolute Gasteiger partial charge is 0.163 e. The first-order valence-electron chi connectivity index (χ1n) is 5.42. The van der Waals surface area contributed by atoms with Crippen molar-refractivity contribution >= 4 is 5.78 Å². The van der Waals surface area contributed by atoms with E-state index >= 15 is 0 Å². The summed E-state index contributed by atoms with van der Waals surface area (Å²) in [6.45, 7) is 9.67. The molecule has 0 radical (unpaired) electrons. The topological polar surface area (TPSA) is 55.1 Å². The van der Waals surface area contributed by atoms with E-state index in [-0.39, 0.29) is 11.8 Å². The van der Waals surface area contributed by atoms with Crippen LogP contribution in [0.1, 0.15) is 34.1 Å². The fourth-order valence-electron chi connectivity index (χ4n) is 1.25. The third-order valence-corrected chi connectivity index (χ3v) is 1.99. The number of Topliss-reactive ketones (excluding diaryl/α,β-unsaturated/α-hetero) is 1. The molecule has 0 spiro atoms. The molecule has 3 heteroatoms. The van der Waals surface area contributed by atoms with Crippen LogP contribution in [0.15, 0.2) is 0 Å². The van der Waals surface area contributed by atoms with Crippen molar-refractivity contribution in [3.05, 3.63) is 0 Å². The second kappa shape index (κ2) is 6.96. The van der Waals surface area contributed by atoms with E-state index in [4.69, 9.17) is 5.73 Å². The quantitative estimate of drug-likeness (QED) is 0.648. The van der Waals surface area contributed by atoms with Crippen LogP contribution in [0.2, 0.25) is 0 Å². The minimum Gasteiger partial charge on any atom is -0.321 e. The van der Waals surface area contributed by atoms with E-state index < -0.39 is 0 Å². The monoisotopic (exact) mass is 200 g/mol. The first-order chi connectivity index (χ1) is 6.43. The lowest BCUT2D eigenvalue weighted by molar-refractivity contribution is -0.119. The first-order valence-corrected chi connectivity index (χ1v) is 5.42. The summed E-state index contributed by atoms with van der Waals surface area (Å²) >= 11 is 0. The number of rotatable bonds is 7. The van der Waals surface area contributed by atoms with E-state index in [1.807, 2.05) is 0 Å². The fraction of sp³-hybridized carbons (Fsp3) is 0.909. The SMILES string of the molecule is CC(C)CNCC(=O)C(N)CC(C)C. The third-order valence-electron chi connectivity index (χ3n) is 1.99. The van der Waals surface area contributed by atoms with Gasteiger partial charge in [0.2, 0.25) is 0 Å². The number of carbonyl (C=O) groups excluding carboxylic acids is 1. The average Bonchev–Trinajstić information content (AvgIpc) is 2.01. The van der Waals surface area contributed by atoms with Gasteiger partial charge < -0.3 is 11.1 Å². The van der Waals surface area contributed by atoms with E-state index in [0.717, 1.165) is 13.0 Å². The molecule has 84 valence electrons. The van der Waals surface area contributed by atoms with Crippen LogP contribution in [-0.4, -0.2) is 24.9 Å². The molecule has 0 rings (SSSR count). The standard InChI is InChI=1S/C11H24N2O/c1-8(2)5-10(12)11(14)7-13-6-9(3)4/h8-10,13H,5-7,12H2,1-4H3. The second-order valence-corrected chi connectivity index (χ2v) is 4.73. The van der Waals surface area contributed by atoms with Crippen molar-refractivity contribution < 1.29 is 4.79 Å². The molecule has 0 aliphatic rings. The maximum absolute atomic E-state index is 11.5.